The second-order valence-electron chi connectivity index (χ2n) is 7.62. The summed E-state index contributed by atoms with van der Waals surface area (Å²) in [5, 5.41) is 12.3. The molecule has 1 N–H and O–H groups in total. The van der Waals surface area contributed by atoms with E-state index in [1.807, 2.05) is 0 Å². The van der Waals surface area contributed by atoms with E-state index in [2.05, 4.69) is 26.3 Å². The molecule has 1 aliphatic heterocycles. The molecular formula is C20H29N5O. The van der Waals surface area contributed by atoms with Crippen LogP contribution in [-0.4, -0.2) is 35.5 Å². The number of carbonyl (C=O) groups is 1. The van der Waals surface area contributed by atoms with E-state index in [9.17, 15) is 4.79 Å². The highest BCUT2D eigenvalue weighted by Gasteiger charge is 2.23. The summed E-state index contributed by atoms with van der Waals surface area (Å²) in [5.41, 5.74) is 0.391. The van der Waals surface area contributed by atoms with E-state index in [4.69, 9.17) is 5.26 Å². The second-order valence-corrected chi connectivity index (χ2v) is 7.62. The molecule has 1 amide bonds. The minimum absolute atomic E-state index is 0.207. The summed E-state index contributed by atoms with van der Waals surface area (Å²) < 4.78 is 0. The Morgan fingerprint density at radius 2 is 1.85 bits per heavy atom. The van der Waals surface area contributed by atoms with Crippen LogP contribution in [0, 0.1) is 23.2 Å². The minimum atomic E-state index is 0.207. The van der Waals surface area contributed by atoms with E-state index in [0.29, 0.717) is 23.9 Å². The Balaban J connectivity index is 1.36. The highest BCUT2D eigenvalue weighted by Crippen LogP contribution is 2.27. The summed E-state index contributed by atoms with van der Waals surface area (Å²) in [5.74, 6) is 2.16. The van der Waals surface area contributed by atoms with Crippen LogP contribution in [0.1, 0.15) is 63.5 Å². The van der Waals surface area contributed by atoms with Gasteiger partial charge in [0, 0.05) is 38.4 Å². The first-order chi connectivity index (χ1) is 12.8. The number of rotatable bonds is 6. The van der Waals surface area contributed by atoms with Crippen molar-refractivity contribution in [3.05, 3.63) is 18.1 Å². The Kier molecular flexibility index (Phi) is 6.82. The number of anilines is 1. The van der Waals surface area contributed by atoms with E-state index >= 15 is 0 Å². The van der Waals surface area contributed by atoms with Crippen LogP contribution >= 0.6 is 0 Å². The molecular weight excluding hydrogens is 326 g/mol. The van der Waals surface area contributed by atoms with Gasteiger partial charge in [-0.1, -0.05) is 32.1 Å². The molecule has 6 nitrogen and oxygen atoms in total. The first-order valence-electron chi connectivity index (χ1n) is 9.99. The summed E-state index contributed by atoms with van der Waals surface area (Å²) >= 11 is 0. The van der Waals surface area contributed by atoms with Crippen molar-refractivity contribution in [3.8, 4) is 6.07 Å². The third-order valence-corrected chi connectivity index (χ3v) is 5.79. The Labute approximate surface area is 156 Å². The predicted octanol–water partition coefficient (Wildman–Crippen LogP) is 3.04. The van der Waals surface area contributed by atoms with Crippen LogP contribution in [-0.2, 0) is 4.79 Å². The first kappa shape index (κ1) is 18.6. The monoisotopic (exact) mass is 355 g/mol. The van der Waals surface area contributed by atoms with Gasteiger partial charge < -0.3 is 10.2 Å². The third-order valence-electron chi connectivity index (χ3n) is 5.79. The second kappa shape index (κ2) is 9.51. The van der Waals surface area contributed by atoms with Crippen molar-refractivity contribution in [2.24, 2.45) is 11.8 Å². The molecule has 0 aromatic carbocycles. The van der Waals surface area contributed by atoms with E-state index < -0.39 is 0 Å². The number of aromatic nitrogens is 2. The van der Waals surface area contributed by atoms with E-state index in [1.54, 1.807) is 12.4 Å². The Morgan fingerprint density at radius 1 is 1.12 bits per heavy atom. The molecule has 1 saturated heterocycles. The molecule has 6 heteroatoms. The summed E-state index contributed by atoms with van der Waals surface area (Å²) in [7, 11) is 0. The zero-order valence-electron chi connectivity index (χ0n) is 15.5. The number of carbonyl (C=O) groups excluding carboxylic acids is 1. The molecule has 0 unspecified atom stereocenters. The lowest BCUT2D eigenvalue weighted by Crippen LogP contribution is -2.39. The van der Waals surface area contributed by atoms with Gasteiger partial charge in [0.15, 0.2) is 11.5 Å². The van der Waals surface area contributed by atoms with Gasteiger partial charge in [0.1, 0.15) is 6.07 Å². The third kappa shape index (κ3) is 5.17. The van der Waals surface area contributed by atoms with Crippen LogP contribution in [0.15, 0.2) is 12.4 Å². The zero-order chi connectivity index (χ0) is 18.2. The van der Waals surface area contributed by atoms with Crippen molar-refractivity contribution < 1.29 is 4.79 Å². The van der Waals surface area contributed by atoms with E-state index in [0.717, 1.165) is 44.8 Å². The lowest BCUT2D eigenvalue weighted by Gasteiger charge is -2.33. The number of nitriles is 1. The maximum Gasteiger partial charge on any atom is 0.220 e. The fourth-order valence-corrected chi connectivity index (χ4v) is 4.15. The Bertz CT molecular complexity index is 627. The number of hydrogen-bond acceptors (Lipinski definition) is 5. The molecule has 2 aliphatic rings. The Hall–Kier alpha value is -2.16. The molecule has 3 rings (SSSR count). The largest absolute Gasteiger partial charge is 0.356 e. The van der Waals surface area contributed by atoms with Crippen LogP contribution in [0.25, 0.3) is 0 Å². The Morgan fingerprint density at radius 3 is 2.58 bits per heavy atom. The maximum atomic E-state index is 12.1. The van der Waals surface area contributed by atoms with Gasteiger partial charge in [-0.2, -0.15) is 5.26 Å². The fourth-order valence-electron chi connectivity index (χ4n) is 4.15. The summed E-state index contributed by atoms with van der Waals surface area (Å²) in [6, 6.07) is 2.11. The smallest absolute Gasteiger partial charge is 0.220 e. The standard InChI is InChI=1S/C20H29N5O/c21-14-18-20(23-11-10-22-18)25-12-8-17(9-13-25)15-24-19(26)7-6-16-4-2-1-3-5-16/h10-11,16-17H,1-9,12-13,15H2,(H,24,26). The van der Waals surface area contributed by atoms with Crippen LogP contribution < -0.4 is 10.2 Å². The van der Waals surface area contributed by atoms with Crippen molar-refractivity contribution in [1.82, 2.24) is 15.3 Å². The molecule has 1 aromatic heterocycles. The molecule has 2 fully saturated rings. The molecule has 1 aliphatic carbocycles. The van der Waals surface area contributed by atoms with Crippen molar-refractivity contribution in [3.63, 3.8) is 0 Å². The topological polar surface area (TPSA) is 81.9 Å². The van der Waals surface area contributed by atoms with Gasteiger partial charge in [0.05, 0.1) is 0 Å². The van der Waals surface area contributed by atoms with Crippen LogP contribution in [0.5, 0.6) is 0 Å². The van der Waals surface area contributed by atoms with Gasteiger partial charge >= 0.3 is 0 Å². The van der Waals surface area contributed by atoms with Crippen molar-refractivity contribution >= 4 is 11.7 Å². The van der Waals surface area contributed by atoms with Crippen LogP contribution in [0.2, 0.25) is 0 Å². The van der Waals surface area contributed by atoms with Crippen molar-refractivity contribution in [2.45, 2.75) is 57.8 Å². The maximum absolute atomic E-state index is 12.1. The molecule has 26 heavy (non-hydrogen) atoms. The first-order valence-corrected chi connectivity index (χ1v) is 9.99. The highest BCUT2D eigenvalue weighted by molar-refractivity contribution is 5.75. The molecule has 0 radical (unpaired) electrons. The number of piperidine rings is 1. The van der Waals surface area contributed by atoms with Crippen molar-refractivity contribution in [2.75, 3.05) is 24.5 Å². The number of nitrogens with zero attached hydrogens (tertiary/aromatic N) is 4. The molecule has 0 atom stereocenters. The summed E-state index contributed by atoms with van der Waals surface area (Å²) in [6.07, 6.45) is 13.6. The quantitative estimate of drug-likeness (QED) is 0.848. The molecule has 2 heterocycles. The average molecular weight is 355 g/mol. The number of amides is 1. The molecule has 1 aromatic rings. The predicted molar refractivity (Wildman–Crippen MR) is 101 cm³/mol. The highest BCUT2D eigenvalue weighted by atomic mass is 16.1. The zero-order valence-corrected chi connectivity index (χ0v) is 15.5. The minimum Gasteiger partial charge on any atom is -0.356 e. The van der Waals surface area contributed by atoms with Crippen molar-refractivity contribution in [1.29, 1.82) is 5.26 Å². The molecule has 0 bridgehead atoms. The summed E-state index contributed by atoms with van der Waals surface area (Å²) in [6.45, 7) is 2.48. The van der Waals surface area contributed by atoms with Gasteiger partial charge in [-0.15, -0.1) is 0 Å². The summed E-state index contributed by atoms with van der Waals surface area (Å²) in [4.78, 5) is 22.7. The van der Waals surface area contributed by atoms with Crippen LogP contribution in [0.4, 0.5) is 5.82 Å². The van der Waals surface area contributed by atoms with Gasteiger partial charge in [-0.05, 0) is 31.1 Å². The fraction of sp³-hybridized carbons (Fsp3) is 0.700. The van der Waals surface area contributed by atoms with Gasteiger partial charge in [-0.25, -0.2) is 9.97 Å². The van der Waals surface area contributed by atoms with Gasteiger partial charge in [0.25, 0.3) is 0 Å². The lowest BCUT2D eigenvalue weighted by molar-refractivity contribution is -0.121. The SMILES string of the molecule is N#Cc1nccnc1N1CCC(CNC(=O)CCC2CCCCC2)CC1. The molecule has 0 spiro atoms. The van der Waals surface area contributed by atoms with Gasteiger partial charge in [0.2, 0.25) is 5.91 Å². The molecule has 140 valence electrons. The van der Waals surface area contributed by atoms with E-state index in [1.165, 1.54) is 32.1 Å². The lowest BCUT2D eigenvalue weighted by atomic mass is 9.86. The number of nitrogens with one attached hydrogen (secondary N) is 1. The number of hydrogen-bond donors (Lipinski definition) is 1. The van der Waals surface area contributed by atoms with Gasteiger partial charge in [-0.3, -0.25) is 4.79 Å². The normalized spacial score (nSPS) is 19.1. The molecule has 1 saturated carbocycles. The van der Waals surface area contributed by atoms with E-state index in [-0.39, 0.29) is 5.91 Å². The van der Waals surface area contributed by atoms with Crippen LogP contribution in [0.3, 0.4) is 0 Å². The average Bonchev–Trinajstić information content (AvgIpc) is 2.72.